The molecule has 1 fully saturated rings. The van der Waals surface area contributed by atoms with E-state index < -0.39 is 5.97 Å². The van der Waals surface area contributed by atoms with Gasteiger partial charge in [-0.2, -0.15) is 0 Å². The number of carboxylic acid groups (broad SMARTS) is 1. The van der Waals surface area contributed by atoms with E-state index in [1.54, 1.807) is 0 Å². The largest absolute Gasteiger partial charge is 0.481 e. The van der Waals surface area contributed by atoms with Crippen molar-refractivity contribution in [3.63, 3.8) is 0 Å². The summed E-state index contributed by atoms with van der Waals surface area (Å²) < 4.78 is 5.54. The van der Waals surface area contributed by atoms with Crippen molar-refractivity contribution in [2.75, 3.05) is 0 Å². The Morgan fingerprint density at radius 1 is 1.38 bits per heavy atom. The molecular formula is C13H18O3. The van der Waals surface area contributed by atoms with E-state index in [4.69, 9.17) is 9.52 Å². The quantitative estimate of drug-likeness (QED) is 0.855. The van der Waals surface area contributed by atoms with Gasteiger partial charge >= 0.3 is 5.97 Å². The smallest absolute Gasteiger partial charge is 0.306 e. The van der Waals surface area contributed by atoms with Crippen molar-refractivity contribution < 1.29 is 14.3 Å². The molecule has 1 aliphatic carbocycles. The van der Waals surface area contributed by atoms with Crippen molar-refractivity contribution in [2.24, 2.45) is 11.8 Å². The Morgan fingerprint density at radius 2 is 2.06 bits per heavy atom. The lowest BCUT2D eigenvalue weighted by atomic mass is 9.80. The second kappa shape index (κ2) is 4.73. The van der Waals surface area contributed by atoms with E-state index in [1.165, 1.54) is 0 Å². The SMILES string of the molecule is Cc1ccc(CC2CCC(C(=O)O)CC2)o1. The number of furan rings is 1. The standard InChI is InChI=1S/C13H18O3/c1-9-2-7-12(16-9)8-10-3-5-11(6-4-10)13(14)15/h2,7,10-11H,3-6,8H2,1H3,(H,14,15). The fourth-order valence-corrected chi connectivity index (χ4v) is 2.49. The number of aryl methyl sites for hydroxylation is 1. The van der Waals surface area contributed by atoms with Gasteiger partial charge in [0.1, 0.15) is 11.5 Å². The lowest BCUT2D eigenvalue weighted by Gasteiger charge is -2.25. The summed E-state index contributed by atoms with van der Waals surface area (Å²) in [7, 11) is 0. The third-order valence-electron chi connectivity index (χ3n) is 3.48. The van der Waals surface area contributed by atoms with Crippen LogP contribution in [-0.2, 0) is 11.2 Å². The topological polar surface area (TPSA) is 50.4 Å². The second-order valence-corrected chi connectivity index (χ2v) is 4.77. The van der Waals surface area contributed by atoms with Crippen molar-refractivity contribution in [3.8, 4) is 0 Å². The van der Waals surface area contributed by atoms with Gasteiger partial charge in [0, 0.05) is 6.42 Å². The van der Waals surface area contributed by atoms with Crippen LogP contribution in [0.4, 0.5) is 0 Å². The summed E-state index contributed by atoms with van der Waals surface area (Å²) in [6.45, 7) is 1.95. The average molecular weight is 222 g/mol. The van der Waals surface area contributed by atoms with Crippen LogP contribution < -0.4 is 0 Å². The molecule has 0 amide bonds. The van der Waals surface area contributed by atoms with Crippen LogP contribution in [0.3, 0.4) is 0 Å². The average Bonchev–Trinajstić information content (AvgIpc) is 2.65. The predicted molar refractivity (Wildman–Crippen MR) is 60.2 cm³/mol. The molecule has 0 bridgehead atoms. The molecule has 0 aromatic carbocycles. The van der Waals surface area contributed by atoms with Crippen molar-refractivity contribution >= 4 is 5.97 Å². The molecule has 3 nitrogen and oxygen atoms in total. The number of carboxylic acids is 1. The fraction of sp³-hybridized carbons (Fsp3) is 0.615. The number of carbonyl (C=O) groups is 1. The monoisotopic (exact) mass is 222 g/mol. The van der Waals surface area contributed by atoms with Crippen LogP contribution in [0.2, 0.25) is 0 Å². The zero-order chi connectivity index (χ0) is 11.5. The summed E-state index contributed by atoms with van der Waals surface area (Å²) in [6.07, 6.45) is 4.62. The van der Waals surface area contributed by atoms with Gasteiger partial charge in [0.15, 0.2) is 0 Å². The van der Waals surface area contributed by atoms with Gasteiger partial charge in [0.2, 0.25) is 0 Å². The molecule has 1 aliphatic rings. The molecule has 1 aromatic heterocycles. The van der Waals surface area contributed by atoms with Crippen LogP contribution in [0.25, 0.3) is 0 Å². The summed E-state index contributed by atoms with van der Waals surface area (Å²) in [5.41, 5.74) is 0. The Balaban J connectivity index is 1.83. The van der Waals surface area contributed by atoms with Gasteiger partial charge in [0.05, 0.1) is 5.92 Å². The van der Waals surface area contributed by atoms with E-state index in [-0.39, 0.29) is 5.92 Å². The fourth-order valence-electron chi connectivity index (χ4n) is 2.49. The first-order valence-electron chi connectivity index (χ1n) is 5.93. The van der Waals surface area contributed by atoms with Gasteiger partial charge < -0.3 is 9.52 Å². The van der Waals surface area contributed by atoms with E-state index in [0.717, 1.165) is 43.6 Å². The summed E-state index contributed by atoms with van der Waals surface area (Å²) in [4.78, 5) is 10.8. The van der Waals surface area contributed by atoms with Crippen molar-refractivity contribution in [1.29, 1.82) is 0 Å². The van der Waals surface area contributed by atoms with Crippen LogP contribution in [0, 0.1) is 18.8 Å². The minimum atomic E-state index is -0.632. The molecule has 16 heavy (non-hydrogen) atoms. The summed E-state index contributed by atoms with van der Waals surface area (Å²) in [5, 5.41) is 8.90. The van der Waals surface area contributed by atoms with Gasteiger partial charge in [-0.3, -0.25) is 4.79 Å². The number of hydrogen-bond acceptors (Lipinski definition) is 2. The third kappa shape index (κ3) is 2.65. The maximum Gasteiger partial charge on any atom is 0.306 e. The minimum Gasteiger partial charge on any atom is -0.481 e. The molecule has 0 unspecified atom stereocenters. The highest BCUT2D eigenvalue weighted by Crippen LogP contribution is 2.31. The Morgan fingerprint density at radius 3 is 2.56 bits per heavy atom. The highest BCUT2D eigenvalue weighted by molar-refractivity contribution is 5.69. The van der Waals surface area contributed by atoms with E-state index >= 15 is 0 Å². The number of hydrogen-bond donors (Lipinski definition) is 1. The van der Waals surface area contributed by atoms with Crippen LogP contribution in [0.15, 0.2) is 16.5 Å². The second-order valence-electron chi connectivity index (χ2n) is 4.77. The summed E-state index contributed by atoms with van der Waals surface area (Å²) in [5.74, 6) is 1.84. The molecule has 1 N–H and O–H groups in total. The molecule has 0 radical (unpaired) electrons. The third-order valence-corrected chi connectivity index (χ3v) is 3.48. The first-order valence-corrected chi connectivity index (χ1v) is 5.93. The molecule has 1 heterocycles. The molecule has 0 saturated heterocycles. The maximum atomic E-state index is 10.8. The molecule has 1 saturated carbocycles. The number of aliphatic carboxylic acids is 1. The molecule has 0 spiro atoms. The Kier molecular flexibility index (Phi) is 3.32. The van der Waals surface area contributed by atoms with Crippen LogP contribution in [-0.4, -0.2) is 11.1 Å². The Labute approximate surface area is 95.5 Å². The molecule has 2 rings (SSSR count). The highest BCUT2D eigenvalue weighted by atomic mass is 16.4. The zero-order valence-corrected chi connectivity index (χ0v) is 9.61. The van der Waals surface area contributed by atoms with Gasteiger partial charge in [-0.25, -0.2) is 0 Å². The molecule has 0 aliphatic heterocycles. The van der Waals surface area contributed by atoms with Gasteiger partial charge in [-0.1, -0.05) is 0 Å². The van der Waals surface area contributed by atoms with Crippen LogP contribution in [0.5, 0.6) is 0 Å². The van der Waals surface area contributed by atoms with Gasteiger partial charge in [-0.05, 0) is 50.7 Å². The van der Waals surface area contributed by atoms with Gasteiger partial charge in [0.25, 0.3) is 0 Å². The Hall–Kier alpha value is -1.25. The highest BCUT2D eigenvalue weighted by Gasteiger charge is 2.26. The van der Waals surface area contributed by atoms with Crippen molar-refractivity contribution in [1.82, 2.24) is 0 Å². The summed E-state index contributed by atoms with van der Waals surface area (Å²) in [6, 6.07) is 4.01. The number of rotatable bonds is 3. The molecule has 0 atom stereocenters. The summed E-state index contributed by atoms with van der Waals surface area (Å²) >= 11 is 0. The van der Waals surface area contributed by atoms with Gasteiger partial charge in [-0.15, -0.1) is 0 Å². The predicted octanol–water partition coefficient (Wildman–Crippen LogP) is 3.02. The first kappa shape index (κ1) is 11.2. The van der Waals surface area contributed by atoms with Crippen LogP contribution >= 0.6 is 0 Å². The molecule has 88 valence electrons. The lowest BCUT2D eigenvalue weighted by Crippen LogP contribution is -2.22. The lowest BCUT2D eigenvalue weighted by molar-refractivity contribution is -0.143. The van der Waals surface area contributed by atoms with E-state index in [1.807, 2.05) is 19.1 Å². The van der Waals surface area contributed by atoms with Crippen molar-refractivity contribution in [3.05, 3.63) is 23.7 Å². The first-order chi connectivity index (χ1) is 7.65. The zero-order valence-electron chi connectivity index (χ0n) is 9.61. The minimum absolute atomic E-state index is 0.116. The molecule has 3 heteroatoms. The molecule has 1 aromatic rings. The normalized spacial score (nSPS) is 25.6. The Bertz CT molecular complexity index is 359. The molecular weight excluding hydrogens is 204 g/mol. The van der Waals surface area contributed by atoms with E-state index in [2.05, 4.69) is 0 Å². The van der Waals surface area contributed by atoms with E-state index in [0.29, 0.717) is 5.92 Å². The maximum absolute atomic E-state index is 10.8. The van der Waals surface area contributed by atoms with Crippen LogP contribution in [0.1, 0.15) is 37.2 Å². The van der Waals surface area contributed by atoms with E-state index in [9.17, 15) is 4.79 Å². The van der Waals surface area contributed by atoms with Crippen molar-refractivity contribution in [2.45, 2.75) is 39.0 Å².